The Morgan fingerprint density at radius 2 is 1.79 bits per heavy atom. The van der Waals surface area contributed by atoms with Crippen LogP contribution in [0.4, 0.5) is 4.79 Å². The average molecular weight is 269 g/mol. The van der Waals surface area contributed by atoms with Gasteiger partial charge in [0.1, 0.15) is 5.60 Å². The second-order valence-corrected chi connectivity index (χ2v) is 6.70. The van der Waals surface area contributed by atoms with Crippen LogP contribution in [0.5, 0.6) is 0 Å². The molecule has 0 aromatic rings. The summed E-state index contributed by atoms with van der Waals surface area (Å²) in [6, 6.07) is 0. The molecule has 1 N–H and O–H groups in total. The minimum absolute atomic E-state index is 0.0929. The molecule has 1 amide bonds. The summed E-state index contributed by atoms with van der Waals surface area (Å²) in [4.78, 5) is 24.7. The van der Waals surface area contributed by atoms with E-state index in [4.69, 9.17) is 4.74 Å². The van der Waals surface area contributed by atoms with Crippen molar-refractivity contribution in [2.45, 2.75) is 45.6 Å². The van der Waals surface area contributed by atoms with Gasteiger partial charge in [-0.05, 0) is 39.5 Å². The van der Waals surface area contributed by atoms with Gasteiger partial charge in [0.05, 0.1) is 5.92 Å². The first-order chi connectivity index (χ1) is 8.78. The minimum atomic E-state index is -0.710. The number of ether oxygens (including phenoxy) is 1. The maximum absolute atomic E-state index is 11.8. The molecule has 0 spiro atoms. The number of carboxylic acids is 1. The molecular formula is C14H23NO4. The zero-order chi connectivity index (χ0) is 14.2. The fraction of sp³-hybridized carbons (Fsp3) is 0.857. The number of aliphatic carboxylic acids is 1. The molecule has 1 unspecified atom stereocenters. The Bertz CT molecular complexity index is 364. The lowest BCUT2D eigenvalue weighted by atomic mass is 9.68. The van der Waals surface area contributed by atoms with Crippen LogP contribution in [0.3, 0.4) is 0 Å². The van der Waals surface area contributed by atoms with Gasteiger partial charge in [-0.1, -0.05) is 6.42 Å². The van der Waals surface area contributed by atoms with Crippen molar-refractivity contribution in [3.63, 3.8) is 0 Å². The van der Waals surface area contributed by atoms with Crippen molar-refractivity contribution in [3.8, 4) is 0 Å². The molecule has 0 aromatic carbocycles. The molecule has 5 heteroatoms. The third-order valence-corrected chi connectivity index (χ3v) is 4.01. The minimum Gasteiger partial charge on any atom is -0.481 e. The zero-order valence-electron chi connectivity index (χ0n) is 11.9. The Morgan fingerprint density at radius 1 is 1.21 bits per heavy atom. The molecule has 2 rings (SSSR count). The van der Waals surface area contributed by atoms with Crippen molar-refractivity contribution in [1.82, 2.24) is 4.90 Å². The fourth-order valence-electron chi connectivity index (χ4n) is 2.80. The molecule has 2 aliphatic rings. The number of hydrogen-bond donors (Lipinski definition) is 1. The van der Waals surface area contributed by atoms with Crippen LogP contribution in [0.1, 0.15) is 40.0 Å². The van der Waals surface area contributed by atoms with Crippen molar-refractivity contribution in [2.75, 3.05) is 13.1 Å². The molecular weight excluding hydrogens is 246 g/mol. The standard InChI is InChI=1S/C14H23NO4/c1-14(2,3)19-13(18)15-7-10(8-15)11(12(16)17)9-5-4-6-9/h9-11H,4-8H2,1-3H3,(H,16,17). The summed E-state index contributed by atoms with van der Waals surface area (Å²) in [6.07, 6.45) is 2.83. The molecule has 5 nitrogen and oxygen atoms in total. The van der Waals surface area contributed by atoms with E-state index in [0.29, 0.717) is 19.0 Å². The molecule has 1 heterocycles. The summed E-state index contributed by atoms with van der Waals surface area (Å²) >= 11 is 0. The van der Waals surface area contributed by atoms with Gasteiger partial charge in [0.2, 0.25) is 0 Å². The van der Waals surface area contributed by atoms with Crippen LogP contribution in [-0.4, -0.2) is 40.8 Å². The maximum Gasteiger partial charge on any atom is 0.410 e. The van der Waals surface area contributed by atoms with Crippen LogP contribution in [0, 0.1) is 17.8 Å². The summed E-state index contributed by atoms with van der Waals surface area (Å²) in [7, 11) is 0. The third kappa shape index (κ3) is 3.19. The first kappa shape index (κ1) is 14.2. The van der Waals surface area contributed by atoms with Crippen molar-refractivity contribution < 1.29 is 19.4 Å². The van der Waals surface area contributed by atoms with Crippen LogP contribution in [-0.2, 0) is 9.53 Å². The second kappa shape index (κ2) is 5.02. The molecule has 0 aromatic heterocycles. The van der Waals surface area contributed by atoms with E-state index in [0.717, 1.165) is 19.3 Å². The average Bonchev–Trinajstić information content (AvgIpc) is 2.07. The summed E-state index contributed by atoms with van der Waals surface area (Å²) in [5, 5.41) is 9.32. The SMILES string of the molecule is CC(C)(C)OC(=O)N1CC(C(C(=O)O)C2CCC2)C1. The lowest BCUT2D eigenvalue weighted by Gasteiger charge is -2.46. The van der Waals surface area contributed by atoms with Crippen LogP contribution in [0.2, 0.25) is 0 Å². The number of carboxylic acid groups (broad SMARTS) is 1. The summed E-state index contributed by atoms with van der Waals surface area (Å²) in [5.74, 6) is -0.593. The molecule has 1 aliphatic heterocycles. The smallest absolute Gasteiger partial charge is 0.410 e. The molecule has 1 atom stereocenters. The van der Waals surface area contributed by atoms with Crippen molar-refractivity contribution in [2.24, 2.45) is 17.8 Å². The number of carbonyl (C=O) groups excluding carboxylic acids is 1. The van der Waals surface area contributed by atoms with Gasteiger partial charge in [0.25, 0.3) is 0 Å². The first-order valence-corrected chi connectivity index (χ1v) is 6.98. The van der Waals surface area contributed by atoms with Gasteiger partial charge >= 0.3 is 12.1 Å². The Kier molecular flexibility index (Phi) is 3.74. The monoisotopic (exact) mass is 269 g/mol. The fourth-order valence-corrected chi connectivity index (χ4v) is 2.80. The maximum atomic E-state index is 11.8. The van der Waals surface area contributed by atoms with Gasteiger partial charge in [-0.25, -0.2) is 4.79 Å². The van der Waals surface area contributed by atoms with Gasteiger partial charge < -0.3 is 14.7 Å². The lowest BCUT2D eigenvalue weighted by Crippen LogP contribution is -2.56. The molecule has 0 bridgehead atoms. The van der Waals surface area contributed by atoms with E-state index in [2.05, 4.69) is 0 Å². The van der Waals surface area contributed by atoms with Gasteiger partial charge in [0, 0.05) is 19.0 Å². The number of hydrogen-bond acceptors (Lipinski definition) is 3. The number of amides is 1. The number of rotatable bonds is 3. The zero-order valence-corrected chi connectivity index (χ0v) is 11.9. The molecule has 1 saturated heterocycles. The topological polar surface area (TPSA) is 66.8 Å². The molecule has 1 aliphatic carbocycles. The van der Waals surface area contributed by atoms with Crippen LogP contribution in [0.25, 0.3) is 0 Å². The van der Waals surface area contributed by atoms with E-state index < -0.39 is 11.6 Å². The van der Waals surface area contributed by atoms with E-state index in [1.165, 1.54) is 0 Å². The van der Waals surface area contributed by atoms with Gasteiger partial charge in [-0.3, -0.25) is 4.79 Å². The molecule has 2 fully saturated rings. The normalized spacial score (nSPS) is 22.4. The Labute approximate surface area is 113 Å². The molecule has 19 heavy (non-hydrogen) atoms. The van der Waals surface area contributed by atoms with Crippen LogP contribution in [0.15, 0.2) is 0 Å². The highest BCUT2D eigenvalue weighted by atomic mass is 16.6. The van der Waals surface area contributed by atoms with Gasteiger partial charge in [-0.2, -0.15) is 0 Å². The van der Waals surface area contributed by atoms with Crippen molar-refractivity contribution >= 4 is 12.1 Å². The Hall–Kier alpha value is -1.26. The highest BCUT2D eigenvalue weighted by Crippen LogP contribution is 2.40. The predicted molar refractivity (Wildman–Crippen MR) is 69.8 cm³/mol. The largest absolute Gasteiger partial charge is 0.481 e. The first-order valence-electron chi connectivity index (χ1n) is 6.98. The Morgan fingerprint density at radius 3 is 2.16 bits per heavy atom. The lowest BCUT2D eigenvalue weighted by molar-refractivity contribution is -0.151. The van der Waals surface area contributed by atoms with E-state index in [1.54, 1.807) is 4.90 Å². The molecule has 108 valence electrons. The highest BCUT2D eigenvalue weighted by Gasteiger charge is 2.45. The van der Waals surface area contributed by atoms with Crippen molar-refractivity contribution in [1.29, 1.82) is 0 Å². The number of nitrogens with zero attached hydrogens (tertiary/aromatic N) is 1. The van der Waals surface area contributed by atoms with E-state index in [9.17, 15) is 14.7 Å². The summed E-state index contributed by atoms with van der Waals surface area (Å²) in [5.41, 5.74) is -0.498. The quantitative estimate of drug-likeness (QED) is 0.854. The third-order valence-electron chi connectivity index (χ3n) is 4.01. The summed E-state index contributed by atoms with van der Waals surface area (Å²) in [6.45, 7) is 6.52. The van der Waals surface area contributed by atoms with E-state index in [1.807, 2.05) is 20.8 Å². The van der Waals surface area contributed by atoms with E-state index >= 15 is 0 Å². The van der Waals surface area contributed by atoms with Crippen molar-refractivity contribution in [3.05, 3.63) is 0 Å². The molecule has 0 radical (unpaired) electrons. The summed E-state index contributed by atoms with van der Waals surface area (Å²) < 4.78 is 5.27. The number of carbonyl (C=O) groups is 2. The number of likely N-dealkylation sites (tertiary alicyclic amines) is 1. The van der Waals surface area contributed by atoms with Gasteiger partial charge in [0.15, 0.2) is 0 Å². The second-order valence-electron chi connectivity index (χ2n) is 6.70. The Balaban J connectivity index is 1.84. The van der Waals surface area contributed by atoms with Gasteiger partial charge in [-0.15, -0.1) is 0 Å². The van der Waals surface area contributed by atoms with Crippen LogP contribution >= 0.6 is 0 Å². The highest BCUT2D eigenvalue weighted by molar-refractivity contribution is 5.73. The predicted octanol–water partition coefficient (Wildman–Crippen LogP) is 2.35. The molecule has 1 saturated carbocycles. The van der Waals surface area contributed by atoms with E-state index in [-0.39, 0.29) is 17.9 Å². The van der Waals surface area contributed by atoms with Crippen LogP contribution < -0.4 is 0 Å².